The number of carbonyl (C=O) groups is 1. The molecular weight excluding hydrogens is 376 g/mol. The quantitative estimate of drug-likeness (QED) is 0.677. The highest BCUT2D eigenvalue weighted by atomic mass is 32.1. The molecule has 28 heavy (non-hydrogen) atoms. The summed E-state index contributed by atoms with van der Waals surface area (Å²) < 4.78 is 17.3. The normalized spacial score (nSPS) is 22.2. The molecule has 0 bridgehead atoms. The van der Waals surface area contributed by atoms with E-state index < -0.39 is 0 Å². The van der Waals surface area contributed by atoms with E-state index in [4.69, 9.17) is 26.4 Å². The molecule has 1 aromatic rings. The molecule has 0 unspecified atom stereocenters. The standard InChI is InChI=1S/C21H30N2O4S/c1-4-25-19-11-17(21(28)23-12-15(2)27-16(3)13-23)7-8-18(19)26-14-20(24)22-9-5-6-10-22/h7-8,11,15-16H,4-6,9-10,12-14H2,1-3H3/t15-,16-/m1/s1. The van der Waals surface area contributed by atoms with Gasteiger partial charge in [-0.15, -0.1) is 0 Å². The molecule has 2 aliphatic rings. The Morgan fingerprint density at radius 3 is 2.43 bits per heavy atom. The van der Waals surface area contributed by atoms with E-state index in [0.29, 0.717) is 18.1 Å². The molecule has 2 heterocycles. The first-order valence-electron chi connectivity index (χ1n) is 10.1. The number of rotatable bonds is 6. The summed E-state index contributed by atoms with van der Waals surface area (Å²) in [5.74, 6) is 1.21. The molecule has 3 rings (SSSR count). The van der Waals surface area contributed by atoms with E-state index >= 15 is 0 Å². The lowest BCUT2D eigenvalue weighted by Crippen LogP contribution is -2.47. The number of amides is 1. The lowest BCUT2D eigenvalue weighted by Gasteiger charge is -2.37. The molecule has 7 heteroatoms. The highest BCUT2D eigenvalue weighted by molar-refractivity contribution is 7.80. The zero-order valence-electron chi connectivity index (χ0n) is 17.0. The summed E-state index contributed by atoms with van der Waals surface area (Å²) in [6.45, 7) is 9.78. The van der Waals surface area contributed by atoms with Crippen LogP contribution in [0, 0.1) is 0 Å². The first-order chi connectivity index (χ1) is 13.5. The van der Waals surface area contributed by atoms with E-state index in [9.17, 15) is 4.79 Å². The smallest absolute Gasteiger partial charge is 0.260 e. The van der Waals surface area contributed by atoms with Crippen LogP contribution in [0.25, 0.3) is 0 Å². The Balaban J connectivity index is 1.69. The van der Waals surface area contributed by atoms with Crippen molar-refractivity contribution in [1.29, 1.82) is 0 Å². The molecule has 2 saturated heterocycles. The zero-order valence-corrected chi connectivity index (χ0v) is 17.8. The van der Waals surface area contributed by atoms with Gasteiger partial charge in [-0.1, -0.05) is 12.2 Å². The second kappa shape index (κ2) is 9.56. The fraction of sp³-hybridized carbons (Fsp3) is 0.619. The molecule has 2 atom stereocenters. The average molecular weight is 407 g/mol. The predicted octanol–water partition coefficient (Wildman–Crippen LogP) is 2.87. The van der Waals surface area contributed by atoms with E-state index in [1.165, 1.54) is 0 Å². The summed E-state index contributed by atoms with van der Waals surface area (Å²) in [5.41, 5.74) is 0.915. The third-order valence-electron chi connectivity index (χ3n) is 5.01. The van der Waals surface area contributed by atoms with Crippen molar-refractivity contribution in [3.8, 4) is 11.5 Å². The fourth-order valence-corrected chi connectivity index (χ4v) is 4.03. The van der Waals surface area contributed by atoms with E-state index in [1.807, 2.05) is 30.0 Å². The van der Waals surface area contributed by atoms with Crippen molar-refractivity contribution >= 4 is 23.1 Å². The summed E-state index contributed by atoms with van der Waals surface area (Å²) in [4.78, 5) is 17.1. The second-order valence-corrected chi connectivity index (χ2v) is 7.83. The maximum Gasteiger partial charge on any atom is 0.260 e. The largest absolute Gasteiger partial charge is 0.490 e. The van der Waals surface area contributed by atoms with Crippen LogP contribution in [0.5, 0.6) is 11.5 Å². The summed E-state index contributed by atoms with van der Waals surface area (Å²) in [5, 5.41) is 0. The number of morpholine rings is 1. The van der Waals surface area contributed by atoms with Crippen LogP contribution in [0.2, 0.25) is 0 Å². The Kier molecular flexibility index (Phi) is 7.13. The van der Waals surface area contributed by atoms with Gasteiger partial charge in [0.15, 0.2) is 18.1 Å². The number of hydrogen-bond donors (Lipinski definition) is 0. The number of carbonyl (C=O) groups excluding carboxylic acids is 1. The van der Waals surface area contributed by atoms with Gasteiger partial charge in [0.05, 0.1) is 18.8 Å². The van der Waals surface area contributed by atoms with Crippen LogP contribution in [0.3, 0.4) is 0 Å². The SMILES string of the molecule is CCOc1cc(C(=S)N2C[C@@H](C)O[C@H](C)C2)ccc1OCC(=O)N1CCCC1. The van der Waals surface area contributed by atoms with Crippen molar-refractivity contribution in [1.82, 2.24) is 9.80 Å². The molecule has 0 aliphatic carbocycles. The first kappa shape index (κ1) is 20.9. The van der Waals surface area contributed by atoms with E-state index in [-0.39, 0.29) is 24.7 Å². The maximum absolute atomic E-state index is 12.3. The molecule has 2 fully saturated rings. The molecular formula is C21H30N2O4S. The Labute approximate surface area is 172 Å². The molecule has 0 radical (unpaired) electrons. The van der Waals surface area contributed by atoms with Gasteiger partial charge in [-0.05, 0) is 51.8 Å². The van der Waals surface area contributed by atoms with Crippen LogP contribution in [0.1, 0.15) is 39.2 Å². The van der Waals surface area contributed by atoms with Crippen molar-refractivity contribution in [3.63, 3.8) is 0 Å². The molecule has 154 valence electrons. The van der Waals surface area contributed by atoms with Gasteiger partial charge in [0.2, 0.25) is 0 Å². The second-order valence-electron chi connectivity index (χ2n) is 7.44. The molecule has 6 nitrogen and oxygen atoms in total. The van der Waals surface area contributed by atoms with Crippen LogP contribution in [0.4, 0.5) is 0 Å². The molecule has 0 N–H and O–H groups in total. The molecule has 1 amide bonds. The minimum Gasteiger partial charge on any atom is -0.490 e. The van der Waals surface area contributed by atoms with Gasteiger partial charge < -0.3 is 24.0 Å². The van der Waals surface area contributed by atoms with Crippen LogP contribution in [0.15, 0.2) is 18.2 Å². The van der Waals surface area contributed by atoms with E-state index in [1.54, 1.807) is 0 Å². The summed E-state index contributed by atoms with van der Waals surface area (Å²) in [6, 6.07) is 5.69. The van der Waals surface area contributed by atoms with Gasteiger partial charge in [0.1, 0.15) is 4.99 Å². The Hall–Kier alpha value is -1.86. The van der Waals surface area contributed by atoms with Gasteiger partial charge in [-0.2, -0.15) is 0 Å². The topological polar surface area (TPSA) is 51.2 Å². The highest BCUT2D eigenvalue weighted by Gasteiger charge is 2.25. The fourth-order valence-electron chi connectivity index (χ4n) is 3.75. The number of thiocarbonyl (C=S) groups is 1. The predicted molar refractivity (Wildman–Crippen MR) is 112 cm³/mol. The number of hydrogen-bond acceptors (Lipinski definition) is 5. The summed E-state index contributed by atoms with van der Waals surface area (Å²) in [6.07, 6.45) is 2.43. The lowest BCUT2D eigenvalue weighted by molar-refractivity contribution is -0.132. The Morgan fingerprint density at radius 2 is 1.79 bits per heavy atom. The van der Waals surface area contributed by atoms with Crippen molar-refractivity contribution < 1.29 is 19.0 Å². The number of nitrogens with zero attached hydrogens (tertiary/aromatic N) is 2. The van der Waals surface area contributed by atoms with Gasteiger partial charge >= 0.3 is 0 Å². The van der Waals surface area contributed by atoms with Crippen molar-refractivity contribution in [2.24, 2.45) is 0 Å². The van der Waals surface area contributed by atoms with Crippen molar-refractivity contribution in [2.75, 3.05) is 39.4 Å². The third-order valence-corrected chi connectivity index (χ3v) is 5.50. The lowest BCUT2D eigenvalue weighted by atomic mass is 10.1. The Bertz CT molecular complexity index is 696. The molecule has 1 aromatic carbocycles. The molecule has 0 saturated carbocycles. The Morgan fingerprint density at radius 1 is 1.11 bits per heavy atom. The highest BCUT2D eigenvalue weighted by Crippen LogP contribution is 2.30. The zero-order chi connectivity index (χ0) is 20.1. The molecule has 0 spiro atoms. The van der Waals surface area contributed by atoms with Crippen molar-refractivity contribution in [2.45, 2.75) is 45.8 Å². The maximum atomic E-state index is 12.3. The molecule has 0 aromatic heterocycles. The van der Waals surface area contributed by atoms with Gasteiger partial charge in [-0.25, -0.2) is 0 Å². The summed E-state index contributed by atoms with van der Waals surface area (Å²) in [7, 11) is 0. The summed E-state index contributed by atoms with van der Waals surface area (Å²) >= 11 is 5.73. The number of ether oxygens (including phenoxy) is 3. The van der Waals surface area contributed by atoms with Crippen molar-refractivity contribution in [3.05, 3.63) is 23.8 Å². The number of benzene rings is 1. The minimum atomic E-state index is 0.0239. The van der Waals surface area contributed by atoms with Gasteiger partial charge in [0, 0.05) is 31.7 Å². The van der Waals surface area contributed by atoms with Crippen LogP contribution >= 0.6 is 12.2 Å². The van der Waals surface area contributed by atoms with E-state index in [2.05, 4.69) is 18.7 Å². The first-order valence-corrected chi connectivity index (χ1v) is 10.5. The van der Waals surface area contributed by atoms with E-state index in [0.717, 1.165) is 49.6 Å². The van der Waals surface area contributed by atoms with Crippen LogP contribution < -0.4 is 9.47 Å². The van der Waals surface area contributed by atoms with Gasteiger partial charge in [0.25, 0.3) is 5.91 Å². The van der Waals surface area contributed by atoms with Crippen LogP contribution in [-0.2, 0) is 9.53 Å². The van der Waals surface area contributed by atoms with Crippen LogP contribution in [-0.4, -0.2) is 72.3 Å². The number of likely N-dealkylation sites (tertiary alicyclic amines) is 1. The monoisotopic (exact) mass is 406 g/mol. The molecule has 2 aliphatic heterocycles. The average Bonchev–Trinajstić information content (AvgIpc) is 3.20. The minimum absolute atomic E-state index is 0.0239. The van der Waals surface area contributed by atoms with Gasteiger partial charge in [-0.3, -0.25) is 4.79 Å². The third kappa shape index (κ3) is 5.14.